The number of unbranched alkanes of at least 4 members (excludes halogenated alkanes) is 5. The molecule has 2 unspecified atom stereocenters. The van der Waals surface area contributed by atoms with Gasteiger partial charge in [0.2, 0.25) is 0 Å². The molecular formula is C22H30O2S2. The Morgan fingerprint density at radius 3 is 1.23 bits per heavy atom. The van der Waals surface area contributed by atoms with Gasteiger partial charge in [0.25, 0.3) is 0 Å². The van der Waals surface area contributed by atoms with Gasteiger partial charge in [0.05, 0.1) is 0 Å². The second-order valence-electron chi connectivity index (χ2n) is 6.67. The van der Waals surface area contributed by atoms with Crippen LogP contribution in [0.15, 0.2) is 60.7 Å². The van der Waals surface area contributed by atoms with Crippen LogP contribution < -0.4 is 0 Å². The topological polar surface area (TPSA) is 34.1 Å². The first-order valence-electron chi connectivity index (χ1n) is 9.52. The van der Waals surface area contributed by atoms with E-state index in [0.717, 1.165) is 48.3 Å². The van der Waals surface area contributed by atoms with Crippen molar-refractivity contribution in [2.24, 2.45) is 0 Å². The summed E-state index contributed by atoms with van der Waals surface area (Å²) in [4.78, 5) is 0. The molecule has 0 aliphatic heterocycles. The van der Waals surface area contributed by atoms with Gasteiger partial charge in [0, 0.05) is 44.6 Å². The van der Waals surface area contributed by atoms with E-state index >= 15 is 0 Å². The largest absolute Gasteiger partial charge is 0.259 e. The first-order chi connectivity index (χ1) is 12.7. The average molecular weight is 391 g/mol. The van der Waals surface area contributed by atoms with Gasteiger partial charge >= 0.3 is 0 Å². The molecule has 0 aliphatic carbocycles. The van der Waals surface area contributed by atoms with Crippen molar-refractivity contribution in [3.8, 4) is 0 Å². The summed E-state index contributed by atoms with van der Waals surface area (Å²) in [6, 6.07) is 20.1. The van der Waals surface area contributed by atoms with Gasteiger partial charge in [-0.05, 0) is 24.0 Å². The van der Waals surface area contributed by atoms with E-state index < -0.39 is 21.6 Å². The third-order valence-electron chi connectivity index (χ3n) is 4.33. The van der Waals surface area contributed by atoms with Gasteiger partial charge in [-0.15, -0.1) is 0 Å². The number of hydrogen-bond donors (Lipinski definition) is 0. The van der Waals surface area contributed by atoms with E-state index in [4.69, 9.17) is 0 Å². The van der Waals surface area contributed by atoms with Crippen LogP contribution in [0.5, 0.6) is 0 Å². The summed E-state index contributed by atoms with van der Waals surface area (Å²) in [5.74, 6) is 2.95. The van der Waals surface area contributed by atoms with Gasteiger partial charge in [0.15, 0.2) is 0 Å². The maximum absolute atomic E-state index is 12.0. The highest BCUT2D eigenvalue weighted by Gasteiger charge is 2.03. The summed E-state index contributed by atoms with van der Waals surface area (Å²) in [5, 5.41) is 0. The summed E-state index contributed by atoms with van der Waals surface area (Å²) in [6.45, 7) is 0. The van der Waals surface area contributed by atoms with Gasteiger partial charge in [-0.1, -0.05) is 86.3 Å². The lowest BCUT2D eigenvalue weighted by atomic mass is 10.1. The van der Waals surface area contributed by atoms with E-state index in [1.54, 1.807) is 0 Å². The van der Waals surface area contributed by atoms with E-state index in [1.807, 2.05) is 60.7 Å². The fourth-order valence-corrected chi connectivity index (χ4v) is 5.37. The molecule has 4 heteroatoms. The number of hydrogen-bond acceptors (Lipinski definition) is 2. The Labute approximate surface area is 163 Å². The van der Waals surface area contributed by atoms with E-state index in [9.17, 15) is 8.42 Å². The first kappa shape index (κ1) is 21.0. The number of rotatable bonds is 13. The zero-order chi connectivity index (χ0) is 18.5. The van der Waals surface area contributed by atoms with Crippen LogP contribution in [0.25, 0.3) is 0 Å². The molecule has 0 heterocycles. The molecule has 0 amide bonds. The lowest BCUT2D eigenvalue weighted by Gasteiger charge is -2.04. The average Bonchev–Trinajstić information content (AvgIpc) is 2.65. The molecule has 0 spiro atoms. The maximum atomic E-state index is 12.0. The van der Waals surface area contributed by atoms with Gasteiger partial charge in [-0.25, -0.2) is 0 Å². The normalized spacial score (nSPS) is 13.4. The van der Waals surface area contributed by atoms with E-state index in [1.165, 1.54) is 12.8 Å². The standard InChI is InChI=1S/C22H30O2S2/c23-25(19-21-13-7-5-8-14-21)17-11-3-1-2-4-12-18-26(24)20-22-15-9-6-10-16-22/h5-10,13-16H,1-4,11-12,17-20H2. The molecule has 0 saturated carbocycles. The highest BCUT2D eigenvalue weighted by molar-refractivity contribution is 7.84. The molecule has 2 aromatic carbocycles. The van der Waals surface area contributed by atoms with Crippen molar-refractivity contribution < 1.29 is 8.42 Å². The van der Waals surface area contributed by atoms with Crippen LogP contribution in [0.3, 0.4) is 0 Å². The highest BCUT2D eigenvalue weighted by Crippen LogP contribution is 2.10. The summed E-state index contributed by atoms with van der Waals surface area (Å²) in [6.07, 6.45) is 6.75. The molecule has 0 saturated heterocycles. The third-order valence-corrected chi connectivity index (χ3v) is 7.13. The number of benzene rings is 2. The zero-order valence-electron chi connectivity index (χ0n) is 15.5. The molecular weight excluding hydrogens is 360 g/mol. The quantitative estimate of drug-likeness (QED) is 0.439. The van der Waals surface area contributed by atoms with Crippen molar-refractivity contribution >= 4 is 21.6 Å². The molecule has 2 nitrogen and oxygen atoms in total. The molecule has 2 aromatic rings. The van der Waals surface area contributed by atoms with Crippen LogP contribution in [0.4, 0.5) is 0 Å². The minimum atomic E-state index is -0.746. The minimum Gasteiger partial charge on any atom is -0.259 e. The Morgan fingerprint density at radius 1 is 0.500 bits per heavy atom. The molecule has 0 aromatic heterocycles. The van der Waals surface area contributed by atoms with Gasteiger partial charge < -0.3 is 0 Å². The second-order valence-corrected chi connectivity index (χ2v) is 9.82. The third kappa shape index (κ3) is 9.44. The highest BCUT2D eigenvalue weighted by atomic mass is 32.2. The molecule has 2 atom stereocenters. The predicted molar refractivity (Wildman–Crippen MR) is 114 cm³/mol. The lowest BCUT2D eigenvalue weighted by molar-refractivity contribution is 0.619. The van der Waals surface area contributed by atoms with Crippen molar-refractivity contribution in [3.05, 3.63) is 71.8 Å². The van der Waals surface area contributed by atoms with Gasteiger partial charge in [-0.2, -0.15) is 0 Å². The Morgan fingerprint density at radius 2 is 0.846 bits per heavy atom. The molecule has 0 aliphatic rings. The summed E-state index contributed by atoms with van der Waals surface area (Å²) in [5.41, 5.74) is 2.32. The fraction of sp³-hybridized carbons (Fsp3) is 0.455. The van der Waals surface area contributed by atoms with Gasteiger partial charge in [0.1, 0.15) is 0 Å². The van der Waals surface area contributed by atoms with Crippen molar-refractivity contribution in [3.63, 3.8) is 0 Å². The molecule has 0 radical (unpaired) electrons. The Hall–Kier alpha value is -1.26. The van der Waals surface area contributed by atoms with Crippen LogP contribution in [0.1, 0.15) is 49.7 Å². The summed E-state index contributed by atoms with van der Waals surface area (Å²) < 4.78 is 24.1. The second kappa shape index (κ2) is 13.0. The van der Waals surface area contributed by atoms with Gasteiger partial charge in [-0.3, -0.25) is 8.42 Å². The first-order valence-corrected chi connectivity index (χ1v) is 12.5. The summed E-state index contributed by atoms with van der Waals surface area (Å²) >= 11 is 0. The SMILES string of the molecule is O=S(CCCCCCCCS(=O)Cc1ccccc1)Cc1ccccc1. The Bertz CT molecular complexity index is 597. The molecule has 0 bridgehead atoms. The molecule has 0 N–H and O–H groups in total. The smallest absolute Gasteiger partial charge is 0.0485 e. The van der Waals surface area contributed by atoms with Crippen LogP contribution in [0.2, 0.25) is 0 Å². The van der Waals surface area contributed by atoms with Crippen molar-refractivity contribution in [2.75, 3.05) is 11.5 Å². The van der Waals surface area contributed by atoms with E-state index in [2.05, 4.69) is 0 Å². The van der Waals surface area contributed by atoms with Crippen molar-refractivity contribution in [1.82, 2.24) is 0 Å². The van der Waals surface area contributed by atoms with Crippen LogP contribution in [-0.2, 0) is 33.1 Å². The van der Waals surface area contributed by atoms with Crippen molar-refractivity contribution in [1.29, 1.82) is 0 Å². The predicted octanol–water partition coefficient (Wildman–Crippen LogP) is 5.22. The van der Waals surface area contributed by atoms with E-state index in [0.29, 0.717) is 11.5 Å². The maximum Gasteiger partial charge on any atom is 0.0485 e. The minimum absolute atomic E-state index is 0.675. The van der Waals surface area contributed by atoms with Crippen LogP contribution in [-0.4, -0.2) is 19.9 Å². The Kier molecular flexibility index (Phi) is 10.5. The van der Waals surface area contributed by atoms with E-state index in [-0.39, 0.29) is 0 Å². The molecule has 142 valence electrons. The zero-order valence-corrected chi connectivity index (χ0v) is 17.1. The Balaban J connectivity index is 1.43. The fourth-order valence-electron chi connectivity index (χ4n) is 2.90. The molecule has 0 fully saturated rings. The monoisotopic (exact) mass is 390 g/mol. The van der Waals surface area contributed by atoms with Crippen LogP contribution in [0, 0.1) is 0 Å². The molecule has 2 rings (SSSR count). The van der Waals surface area contributed by atoms with Crippen molar-refractivity contribution in [2.45, 2.75) is 50.0 Å². The molecule has 26 heavy (non-hydrogen) atoms. The lowest BCUT2D eigenvalue weighted by Crippen LogP contribution is -2.02. The summed E-state index contributed by atoms with van der Waals surface area (Å²) in [7, 11) is -1.49. The van der Waals surface area contributed by atoms with Crippen LogP contribution >= 0.6 is 0 Å².